The van der Waals surface area contributed by atoms with Crippen LogP contribution in [-0.2, 0) is 11.3 Å². The van der Waals surface area contributed by atoms with Crippen molar-refractivity contribution in [2.24, 2.45) is 0 Å². The van der Waals surface area contributed by atoms with Gasteiger partial charge in [0.1, 0.15) is 5.25 Å². The first-order valence-corrected chi connectivity index (χ1v) is 8.22. The van der Waals surface area contributed by atoms with Crippen LogP contribution in [0, 0.1) is 11.3 Å². The van der Waals surface area contributed by atoms with Crippen molar-refractivity contribution in [2.75, 3.05) is 5.75 Å². The molecule has 0 radical (unpaired) electrons. The molecule has 4 heteroatoms. The van der Waals surface area contributed by atoms with E-state index in [1.54, 1.807) is 23.9 Å². The highest BCUT2D eigenvalue weighted by Crippen LogP contribution is 2.28. The maximum absolute atomic E-state index is 12.4. The largest absolute Gasteiger partial charge is 0.351 e. The van der Waals surface area contributed by atoms with Crippen LogP contribution in [0.5, 0.6) is 0 Å². The third-order valence-corrected chi connectivity index (χ3v) is 4.38. The Balaban J connectivity index is 2.00. The molecule has 0 aromatic heterocycles. The van der Waals surface area contributed by atoms with Crippen molar-refractivity contribution in [2.45, 2.75) is 18.7 Å². The highest BCUT2D eigenvalue weighted by molar-refractivity contribution is 8.00. The molecular weight excluding hydrogens is 292 g/mol. The number of nitriles is 1. The van der Waals surface area contributed by atoms with Crippen LogP contribution in [0.4, 0.5) is 0 Å². The van der Waals surface area contributed by atoms with Crippen molar-refractivity contribution in [3.63, 3.8) is 0 Å². The standard InChI is InChI=1S/C18H18N2OS/c1-2-22-17(16-6-4-3-5-7-16)18(21)20-13-15-10-8-14(12-19)9-11-15/h3-11,17H,2,13H2,1H3,(H,20,21)/t17-/m0/s1. The molecule has 0 aliphatic heterocycles. The Morgan fingerprint density at radius 2 is 1.86 bits per heavy atom. The van der Waals surface area contributed by atoms with Gasteiger partial charge in [-0.2, -0.15) is 5.26 Å². The van der Waals surface area contributed by atoms with Gasteiger partial charge in [0.25, 0.3) is 0 Å². The lowest BCUT2D eigenvalue weighted by molar-refractivity contribution is -0.120. The third kappa shape index (κ3) is 4.37. The van der Waals surface area contributed by atoms with E-state index in [1.165, 1.54) is 0 Å². The Hall–Kier alpha value is -2.25. The van der Waals surface area contributed by atoms with Gasteiger partial charge in [-0.1, -0.05) is 49.4 Å². The van der Waals surface area contributed by atoms with E-state index in [-0.39, 0.29) is 11.2 Å². The van der Waals surface area contributed by atoms with E-state index < -0.39 is 0 Å². The first-order chi connectivity index (χ1) is 10.7. The van der Waals surface area contributed by atoms with Gasteiger partial charge in [-0.15, -0.1) is 11.8 Å². The number of hydrogen-bond donors (Lipinski definition) is 1. The third-order valence-electron chi connectivity index (χ3n) is 3.22. The van der Waals surface area contributed by atoms with Crippen LogP contribution in [0.1, 0.15) is 28.9 Å². The molecule has 2 aromatic carbocycles. The van der Waals surface area contributed by atoms with Crippen LogP contribution in [0.25, 0.3) is 0 Å². The minimum absolute atomic E-state index is 0.0161. The SMILES string of the molecule is CCS[C@H](C(=O)NCc1ccc(C#N)cc1)c1ccccc1. The van der Waals surface area contributed by atoms with Crippen LogP contribution in [-0.4, -0.2) is 11.7 Å². The summed E-state index contributed by atoms with van der Waals surface area (Å²) in [5.41, 5.74) is 2.63. The molecular formula is C18H18N2OS. The summed E-state index contributed by atoms with van der Waals surface area (Å²) in [5, 5.41) is 11.6. The number of nitrogens with one attached hydrogen (secondary N) is 1. The topological polar surface area (TPSA) is 52.9 Å². The molecule has 0 saturated heterocycles. The summed E-state index contributed by atoms with van der Waals surface area (Å²) in [6.07, 6.45) is 0. The predicted octanol–water partition coefficient (Wildman–Crippen LogP) is 3.67. The van der Waals surface area contributed by atoms with Crippen LogP contribution >= 0.6 is 11.8 Å². The second-order valence-corrected chi connectivity index (χ2v) is 6.15. The zero-order valence-corrected chi connectivity index (χ0v) is 13.3. The summed E-state index contributed by atoms with van der Waals surface area (Å²) in [6.45, 7) is 2.52. The van der Waals surface area contributed by atoms with Crippen LogP contribution in [0.2, 0.25) is 0 Å². The van der Waals surface area contributed by atoms with Gasteiger partial charge in [0.15, 0.2) is 0 Å². The highest BCUT2D eigenvalue weighted by atomic mass is 32.2. The average Bonchev–Trinajstić information content (AvgIpc) is 2.58. The Labute approximate surface area is 135 Å². The number of benzene rings is 2. The van der Waals surface area contributed by atoms with E-state index >= 15 is 0 Å². The molecule has 0 aliphatic rings. The maximum atomic E-state index is 12.4. The summed E-state index contributed by atoms with van der Waals surface area (Å²) >= 11 is 1.62. The molecule has 1 atom stereocenters. The van der Waals surface area contributed by atoms with Gasteiger partial charge in [-0.05, 0) is 29.0 Å². The van der Waals surface area contributed by atoms with E-state index in [0.717, 1.165) is 16.9 Å². The molecule has 0 spiro atoms. The number of carbonyl (C=O) groups is 1. The van der Waals surface area contributed by atoms with Gasteiger partial charge in [0.2, 0.25) is 5.91 Å². The molecule has 1 amide bonds. The van der Waals surface area contributed by atoms with Crippen molar-refractivity contribution in [3.05, 3.63) is 71.3 Å². The van der Waals surface area contributed by atoms with Crippen LogP contribution < -0.4 is 5.32 Å². The summed E-state index contributed by atoms with van der Waals surface area (Å²) in [4.78, 5) is 12.4. The summed E-state index contributed by atoms with van der Waals surface area (Å²) < 4.78 is 0. The Morgan fingerprint density at radius 1 is 1.18 bits per heavy atom. The Morgan fingerprint density at radius 3 is 2.45 bits per heavy atom. The van der Waals surface area contributed by atoms with Gasteiger partial charge in [0, 0.05) is 6.54 Å². The Kier molecular flexibility index (Phi) is 6.05. The highest BCUT2D eigenvalue weighted by Gasteiger charge is 2.19. The molecule has 0 aliphatic carbocycles. The fraction of sp³-hybridized carbons (Fsp3) is 0.222. The number of hydrogen-bond acceptors (Lipinski definition) is 3. The fourth-order valence-electron chi connectivity index (χ4n) is 2.10. The molecule has 0 unspecified atom stereocenters. The maximum Gasteiger partial charge on any atom is 0.237 e. The van der Waals surface area contributed by atoms with Crippen molar-refractivity contribution in [1.82, 2.24) is 5.32 Å². The molecule has 0 heterocycles. The molecule has 2 rings (SSSR count). The predicted molar refractivity (Wildman–Crippen MR) is 90.3 cm³/mol. The lowest BCUT2D eigenvalue weighted by Crippen LogP contribution is -2.27. The van der Waals surface area contributed by atoms with Crippen molar-refractivity contribution < 1.29 is 4.79 Å². The second-order valence-electron chi connectivity index (χ2n) is 4.77. The van der Waals surface area contributed by atoms with E-state index in [9.17, 15) is 4.79 Å². The molecule has 1 N–H and O–H groups in total. The van der Waals surface area contributed by atoms with Gasteiger partial charge >= 0.3 is 0 Å². The monoisotopic (exact) mass is 310 g/mol. The van der Waals surface area contributed by atoms with E-state index in [2.05, 4.69) is 18.3 Å². The summed E-state index contributed by atoms with van der Waals surface area (Å²) in [7, 11) is 0. The summed E-state index contributed by atoms with van der Waals surface area (Å²) in [6, 6.07) is 19.1. The van der Waals surface area contributed by atoms with Crippen LogP contribution in [0.3, 0.4) is 0 Å². The van der Waals surface area contributed by atoms with Gasteiger partial charge in [-0.3, -0.25) is 4.79 Å². The van der Waals surface area contributed by atoms with Gasteiger partial charge in [-0.25, -0.2) is 0 Å². The van der Waals surface area contributed by atoms with E-state index in [1.807, 2.05) is 42.5 Å². The number of thioether (sulfide) groups is 1. The van der Waals surface area contributed by atoms with Crippen molar-refractivity contribution >= 4 is 17.7 Å². The molecule has 112 valence electrons. The van der Waals surface area contributed by atoms with Crippen LogP contribution in [0.15, 0.2) is 54.6 Å². The molecule has 0 fully saturated rings. The number of nitrogens with zero attached hydrogens (tertiary/aromatic N) is 1. The smallest absolute Gasteiger partial charge is 0.237 e. The second kappa shape index (κ2) is 8.26. The molecule has 0 saturated carbocycles. The number of amides is 1. The lowest BCUT2D eigenvalue weighted by atomic mass is 10.1. The van der Waals surface area contributed by atoms with Crippen molar-refractivity contribution in [3.8, 4) is 6.07 Å². The zero-order chi connectivity index (χ0) is 15.8. The lowest BCUT2D eigenvalue weighted by Gasteiger charge is -2.16. The minimum atomic E-state index is -0.190. The number of rotatable bonds is 6. The Bertz CT molecular complexity index is 647. The average molecular weight is 310 g/mol. The van der Waals surface area contributed by atoms with Gasteiger partial charge < -0.3 is 5.32 Å². The molecule has 2 aromatic rings. The number of carbonyl (C=O) groups excluding carboxylic acids is 1. The normalized spacial score (nSPS) is 11.5. The van der Waals surface area contributed by atoms with Crippen molar-refractivity contribution in [1.29, 1.82) is 5.26 Å². The van der Waals surface area contributed by atoms with E-state index in [0.29, 0.717) is 12.1 Å². The van der Waals surface area contributed by atoms with Gasteiger partial charge in [0.05, 0.1) is 11.6 Å². The molecule has 0 bridgehead atoms. The molecule has 3 nitrogen and oxygen atoms in total. The quantitative estimate of drug-likeness (QED) is 0.885. The zero-order valence-electron chi connectivity index (χ0n) is 12.5. The molecule has 22 heavy (non-hydrogen) atoms. The summed E-state index contributed by atoms with van der Waals surface area (Å²) in [5.74, 6) is 0.895. The van der Waals surface area contributed by atoms with E-state index in [4.69, 9.17) is 5.26 Å². The minimum Gasteiger partial charge on any atom is -0.351 e. The first-order valence-electron chi connectivity index (χ1n) is 7.18. The first kappa shape index (κ1) is 16.1. The fourth-order valence-corrected chi connectivity index (χ4v) is 3.01.